The number of hydrogen-bond donors (Lipinski definition) is 2. The Balaban J connectivity index is 2.27. The lowest BCUT2D eigenvalue weighted by molar-refractivity contribution is 0.0693. The minimum atomic E-state index is -0.182. The van der Waals surface area contributed by atoms with Crippen LogP contribution in [0.2, 0.25) is 0 Å². The number of hydrogen-bond acceptors (Lipinski definition) is 5. The minimum absolute atomic E-state index is 0.141. The molecule has 0 aromatic carbocycles. The van der Waals surface area contributed by atoms with Gasteiger partial charge in [-0.3, -0.25) is 4.79 Å². The van der Waals surface area contributed by atoms with Crippen LogP contribution in [0.15, 0.2) is 12.1 Å². The Bertz CT molecular complexity index is 447. The number of aliphatic hydroxyl groups is 1. The van der Waals surface area contributed by atoms with Crippen LogP contribution in [-0.2, 0) is 9.47 Å². The quantitative estimate of drug-likeness (QED) is 0.564. The monoisotopic (exact) mass is 283 g/mol. The molecule has 0 fully saturated rings. The average Bonchev–Trinajstić information content (AvgIpc) is 2.89. The summed E-state index contributed by atoms with van der Waals surface area (Å²) >= 11 is 1.30. The largest absolute Gasteiger partial charge is 0.384 e. The van der Waals surface area contributed by atoms with Gasteiger partial charge in [0.25, 0.3) is 5.91 Å². The summed E-state index contributed by atoms with van der Waals surface area (Å²) in [5.74, 6) is 5.16. The van der Waals surface area contributed by atoms with E-state index >= 15 is 0 Å². The van der Waals surface area contributed by atoms with E-state index in [0.717, 1.165) is 4.88 Å². The molecule has 6 heteroatoms. The molecule has 0 aliphatic heterocycles. The van der Waals surface area contributed by atoms with Gasteiger partial charge in [0.05, 0.1) is 29.6 Å². The van der Waals surface area contributed by atoms with E-state index in [4.69, 9.17) is 14.6 Å². The zero-order chi connectivity index (χ0) is 13.9. The normalized spacial score (nSPS) is 9.79. The van der Waals surface area contributed by atoms with Crippen LogP contribution in [0.25, 0.3) is 0 Å². The van der Waals surface area contributed by atoms with Gasteiger partial charge in [-0.05, 0) is 12.1 Å². The van der Waals surface area contributed by atoms with Crippen LogP contribution in [0.5, 0.6) is 0 Å². The lowest BCUT2D eigenvalue weighted by atomic mass is 10.4. The van der Waals surface area contributed by atoms with Crippen LogP contribution in [0.3, 0.4) is 0 Å². The van der Waals surface area contributed by atoms with Crippen molar-refractivity contribution in [3.63, 3.8) is 0 Å². The highest BCUT2D eigenvalue weighted by Crippen LogP contribution is 2.14. The molecule has 1 rings (SSSR count). The lowest BCUT2D eigenvalue weighted by Crippen LogP contribution is -2.26. The molecule has 1 aromatic heterocycles. The predicted octanol–water partition coefficient (Wildman–Crippen LogP) is 0.485. The first kappa shape index (κ1) is 15.7. The molecule has 1 amide bonds. The van der Waals surface area contributed by atoms with E-state index in [0.29, 0.717) is 31.2 Å². The molecule has 0 unspecified atom stereocenters. The highest BCUT2D eigenvalue weighted by Gasteiger charge is 2.07. The molecular weight excluding hydrogens is 266 g/mol. The number of carbonyl (C=O) groups excluding carboxylic acids is 1. The topological polar surface area (TPSA) is 67.8 Å². The number of ether oxygens (including phenoxy) is 2. The van der Waals surface area contributed by atoms with Gasteiger partial charge in [0.15, 0.2) is 0 Å². The van der Waals surface area contributed by atoms with E-state index in [2.05, 4.69) is 17.2 Å². The van der Waals surface area contributed by atoms with Crippen molar-refractivity contribution in [2.45, 2.75) is 0 Å². The Hall–Kier alpha value is -1.39. The summed E-state index contributed by atoms with van der Waals surface area (Å²) in [6, 6.07) is 3.48. The fourth-order valence-corrected chi connectivity index (χ4v) is 2.02. The summed E-state index contributed by atoms with van der Waals surface area (Å²) in [5.41, 5.74) is 0. The van der Waals surface area contributed by atoms with Crippen molar-refractivity contribution in [3.05, 3.63) is 21.9 Å². The van der Waals surface area contributed by atoms with E-state index in [1.807, 2.05) is 0 Å². The molecule has 0 saturated heterocycles. The second-order valence-corrected chi connectivity index (χ2v) is 4.57. The minimum Gasteiger partial charge on any atom is -0.384 e. The van der Waals surface area contributed by atoms with Gasteiger partial charge >= 0.3 is 0 Å². The molecule has 19 heavy (non-hydrogen) atoms. The van der Waals surface area contributed by atoms with Crippen molar-refractivity contribution in [1.29, 1.82) is 0 Å². The van der Waals surface area contributed by atoms with E-state index in [1.165, 1.54) is 11.3 Å². The first-order valence-corrected chi connectivity index (χ1v) is 6.64. The van der Waals surface area contributed by atoms with Crippen LogP contribution in [-0.4, -0.2) is 51.1 Å². The first-order chi connectivity index (χ1) is 9.27. The highest BCUT2D eigenvalue weighted by molar-refractivity contribution is 7.14. The first-order valence-electron chi connectivity index (χ1n) is 5.82. The average molecular weight is 283 g/mol. The third-order valence-corrected chi connectivity index (χ3v) is 3.08. The molecule has 0 aliphatic rings. The van der Waals surface area contributed by atoms with Gasteiger partial charge in [0, 0.05) is 13.7 Å². The fraction of sp³-hybridized carbons (Fsp3) is 0.462. The maximum Gasteiger partial charge on any atom is 0.261 e. The standard InChI is InChI=1S/C13H17NO4S/c1-17-9-10-18-8-6-14-13(16)12-5-4-11(19-12)3-2-7-15/h4-5,15H,6-10H2,1H3,(H,14,16). The van der Waals surface area contributed by atoms with Crippen LogP contribution in [0, 0.1) is 11.8 Å². The molecule has 1 aromatic rings. The van der Waals surface area contributed by atoms with Crippen LogP contribution in [0.1, 0.15) is 14.5 Å². The van der Waals surface area contributed by atoms with Gasteiger partial charge in [-0.15, -0.1) is 11.3 Å². The zero-order valence-electron chi connectivity index (χ0n) is 10.8. The lowest BCUT2D eigenvalue weighted by Gasteiger charge is -2.04. The Morgan fingerprint density at radius 1 is 1.42 bits per heavy atom. The smallest absolute Gasteiger partial charge is 0.261 e. The highest BCUT2D eigenvalue weighted by atomic mass is 32.1. The van der Waals surface area contributed by atoms with Gasteiger partial charge in [-0.1, -0.05) is 11.8 Å². The van der Waals surface area contributed by atoms with Crippen molar-refractivity contribution in [3.8, 4) is 11.8 Å². The van der Waals surface area contributed by atoms with Crippen LogP contribution in [0.4, 0.5) is 0 Å². The molecule has 0 bridgehead atoms. The van der Waals surface area contributed by atoms with Gasteiger partial charge in [-0.25, -0.2) is 0 Å². The third kappa shape index (κ3) is 6.36. The number of amides is 1. The van der Waals surface area contributed by atoms with Crippen molar-refractivity contribution in [2.75, 3.05) is 40.1 Å². The zero-order valence-corrected chi connectivity index (χ0v) is 11.6. The number of thiophene rings is 1. The van der Waals surface area contributed by atoms with Crippen LogP contribution < -0.4 is 5.32 Å². The number of aliphatic hydroxyl groups excluding tert-OH is 1. The molecule has 2 N–H and O–H groups in total. The molecular formula is C13H17NO4S. The molecule has 0 saturated carbocycles. The van der Waals surface area contributed by atoms with E-state index in [9.17, 15) is 4.79 Å². The van der Waals surface area contributed by atoms with Crippen LogP contribution >= 0.6 is 11.3 Å². The third-order valence-electron chi connectivity index (χ3n) is 2.08. The number of carbonyl (C=O) groups is 1. The maximum atomic E-state index is 11.7. The number of methoxy groups -OCH3 is 1. The van der Waals surface area contributed by atoms with Gasteiger partial charge in [0.1, 0.15) is 6.61 Å². The summed E-state index contributed by atoms with van der Waals surface area (Å²) in [6.07, 6.45) is 0. The van der Waals surface area contributed by atoms with Crippen molar-refractivity contribution >= 4 is 17.2 Å². The molecule has 5 nitrogen and oxygen atoms in total. The second-order valence-electron chi connectivity index (χ2n) is 3.48. The maximum absolute atomic E-state index is 11.7. The molecule has 104 valence electrons. The molecule has 0 spiro atoms. The van der Waals surface area contributed by atoms with E-state index in [1.54, 1.807) is 19.2 Å². The summed E-state index contributed by atoms with van der Waals surface area (Å²) in [7, 11) is 1.61. The Kier molecular flexibility index (Phi) is 7.86. The van der Waals surface area contributed by atoms with Gasteiger partial charge < -0.3 is 19.9 Å². The Morgan fingerprint density at radius 2 is 2.26 bits per heavy atom. The van der Waals surface area contributed by atoms with Crippen molar-refractivity contribution in [2.24, 2.45) is 0 Å². The summed E-state index contributed by atoms with van der Waals surface area (Å²) in [6.45, 7) is 1.80. The van der Waals surface area contributed by atoms with E-state index < -0.39 is 0 Å². The van der Waals surface area contributed by atoms with Crippen molar-refractivity contribution in [1.82, 2.24) is 5.32 Å². The fourth-order valence-electron chi connectivity index (χ4n) is 1.22. The predicted molar refractivity (Wildman–Crippen MR) is 73.3 cm³/mol. The molecule has 0 atom stereocenters. The number of rotatable bonds is 7. The number of nitrogens with one attached hydrogen (secondary N) is 1. The van der Waals surface area contributed by atoms with Crippen molar-refractivity contribution < 1.29 is 19.4 Å². The second kappa shape index (κ2) is 9.53. The molecule has 0 radical (unpaired) electrons. The summed E-state index contributed by atoms with van der Waals surface area (Å²) in [5, 5.41) is 11.3. The SMILES string of the molecule is COCCOCCNC(=O)c1ccc(C#CCO)s1. The molecule has 0 aliphatic carbocycles. The summed E-state index contributed by atoms with van der Waals surface area (Å²) in [4.78, 5) is 13.1. The Labute approximate surface area is 116 Å². The van der Waals surface area contributed by atoms with Gasteiger partial charge in [-0.2, -0.15) is 0 Å². The molecule has 1 heterocycles. The van der Waals surface area contributed by atoms with E-state index in [-0.39, 0.29) is 12.5 Å². The van der Waals surface area contributed by atoms with Gasteiger partial charge in [0.2, 0.25) is 0 Å². The Morgan fingerprint density at radius 3 is 3.00 bits per heavy atom. The summed E-state index contributed by atoms with van der Waals surface area (Å²) < 4.78 is 10.1.